The van der Waals surface area contributed by atoms with Crippen LogP contribution in [0.5, 0.6) is 0 Å². The van der Waals surface area contributed by atoms with Crippen LogP contribution in [0.4, 0.5) is 4.39 Å². The number of hydrogen-bond donors (Lipinski definition) is 2. The summed E-state index contributed by atoms with van der Waals surface area (Å²) in [6.45, 7) is 2.03. The van der Waals surface area contributed by atoms with E-state index in [1.165, 1.54) is 17.8 Å². The van der Waals surface area contributed by atoms with E-state index in [9.17, 15) is 4.39 Å². The van der Waals surface area contributed by atoms with Gasteiger partial charge in [-0.05, 0) is 30.0 Å². The molecule has 3 N–H and O–H groups in total. The van der Waals surface area contributed by atoms with Crippen LogP contribution in [0.3, 0.4) is 0 Å². The quantitative estimate of drug-likeness (QED) is 0.285. The predicted molar refractivity (Wildman–Crippen MR) is 85.9 cm³/mol. The standard InChI is InChI=1S/C15H15FN2OS2/c1-2-20-12-8-5-9-13(14(12)15(17)18-19)21-11-7-4-3-6-10(11)16/h3-9,19H,2H2,1H3,(H2,17,18). The highest BCUT2D eigenvalue weighted by Gasteiger charge is 2.15. The van der Waals surface area contributed by atoms with Crippen molar-refractivity contribution in [2.45, 2.75) is 21.6 Å². The molecule has 2 aromatic rings. The molecule has 0 aliphatic rings. The highest BCUT2D eigenvalue weighted by molar-refractivity contribution is 8.00. The molecular weight excluding hydrogens is 307 g/mol. The fraction of sp³-hybridized carbons (Fsp3) is 0.133. The van der Waals surface area contributed by atoms with Gasteiger partial charge in [-0.1, -0.05) is 42.0 Å². The second kappa shape index (κ2) is 7.38. The summed E-state index contributed by atoms with van der Waals surface area (Å²) in [5.74, 6) is 0.603. The van der Waals surface area contributed by atoms with Gasteiger partial charge in [0, 0.05) is 20.2 Å². The second-order valence-electron chi connectivity index (χ2n) is 4.08. The average Bonchev–Trinajstić information content (AvgIpc) is 2.49. The number of hydrogen-bond acceptors (Lipinski definition) is 4. The van der Waals surface area contributed by atoms with Crippen molar-refractivity contribution in [3.63, 3.8) is 0 Å². The number of benzene rings is 2. The van der Waals surface area contributed by atoms with Crippen molar-refractivity contribution in [3.8, 4) is 0 Å². The lowest BCUT2D eigenvalue weighted by Crippen LogP contribution is -2.15. The van der Waals surface area contributed by atoms with Crippen molar-refractivity contribution in [2.75, 3.05) is 5.75 Å². The van der Waals surface area contributed by atoms with Gasteiger partial charge in [0.15, 0.2) is 5.84 Å². The molecule has 0 amide bonds. The summed E-state index contributed by atoms with van der Waals surface area (Å²) in [6, 6.07) is 12.2. The largest absolute Gasteiger partial charge is 0.409 e. The number of rotatable bonds is 5. The molecule has 0 fully saturated rings. The summed E-state index contributed by atoms with van der Waals surface area (Å²) in [7, 11) is 0. The molecule has 0 aliphatic carbocycles. The molecule has 0 spiro atoms. The Labute approximate surface area is 131 Å². The predicted octanol–water partition coefficient (Wildman–Crippen LogP) is 4.18. The van der Waals surface area contributed by atoms with E-state index in [-0.39, 0.29) is 11.7 Å². The number of amidine groups is 1. The van der Waals surface area contributed by atoms with E-state index in [1.807, 2.05) is 25.1 Å². The minimum atomic E-state index is -0.290. The molecule has 0 aromatic heterocycles. The fourth-order valence-electron chi connectivity index (χ4n) is 1.82. The van der Waals surface area contributed by atoms with Crippen molar-refractivity contribution in [1.29, 1.82) is 0 Å². The SMILES string of the molecule is CCSc1cccc(Sc2ccccc2F)c1/C(N)=N/O. The maximum Gasteiger partial charge on any atom is 0.172 e. The molecule has 0 bridgehead atoms. The molecule has 6 heteroatoms. The van der Waals surface area contributed by atoms with Gasteiger partial charge < -0.3 is 10.9 Å². The summed E-state index contributed by atoms with van der Waals surface area (Å²) in [5, 5.41) is 12.1. The van der Waals surface area contributed by atoms with E-state index in [0.29, 0.717) is 10.5 Å². The normalized spacial score (nSPS) is 11.6. The zero-order valence-corrected chi connectivity index (χ0v) is 13.0. The van der Waals surface area contributed by atoms with E-state index in [1.54, 1.807) is 30.0 Å². The van der Waals surface area contributed by atoms with E-state index in [0.717, 1.165) is 15.5 Å². The topological polar surface area (TPSA) is 58.6 Å². The highest BCUT2D eigenvalue weighted by atomic mass is 32.2. The van der Waals surface area contributed by atoms with Crippen LogP contribution < -0.4 is 5.73 Å². The summed E-state index contributed by atoms with van der Waals surface area (Å²) < 4.78 is 13.8. The first-order valence-electron chi connectivity index (χ1n) is 6.33. The van der Waals surface area contributed by atoms with E-state index >= 15 is 0 Å². The van der Waals surface area contributed by atoms with Crippen LogP contribution in [-0.2, 0) is 0 Å². The molecule has 3 nitrogen and oxygen atoms in total. The molecule has 2 rings (SSSR count). The Morgan fingerprint density at radius 3 is 2.48 bits per heavy atom. The van der Waals surface area contributed by atoms with Gasteiger partial charge in [0.1, 0.15) is 5.82 Å². The van der Waals surface area contributed by atoms with Crippen molar-refractivity contribution in [3.05, 3.63) is 53.8 Å². The summed E-state index contributed by atoms with van der Waals surface area (Å²) >= 11 is 2.86. The molecule has 0 unspecified atom stereocenters. The molecule has 0 aliphatic heterocycles. The number of halogens is 1. The number of nitrogens with two attached hydrogens (primary N) is 1. The van der Waals surface area contributed by atoms with E-state index in [4.69, 9.17) is 10.9 Å². The summed E-state index contributed by atoms with van der Waals surface area (Å²) in [4.78, 5) is 2.17. The maximum absolute atomic E-state index is 13.8. The van der Waals surface area contributed by atoms with Crippen LogP contribution in [-0.4, -0.2) is 16.8 Å². The Morgan fingerprint density at radius 1 is 1.14 bits per heavy atom. The van der Waals surface area contributed by atoms with Crippen LogP contribution in [0, 0.1) is 5.82 Å². The van der Waals surface area contributed by atoms with Crippen LogP contribution in [0.25, 0.3) is 0 Å². The third-order valence-electron chi connectivity index (χ3n) is 2.71. The molecule has 0 atom stereocenters. The minimum absolute atomic E-state index is 0.0328. The van der Waals surface area contributed by atoms with Gasteiger partial charge in [0.2, 0.25) is 0 Å². The van der Waals surface area contributed by atoms with Gasteiger partial charge in [-0.15, -0.1) is 11.8 Å². The molecule has 110 valence electrons. The number of thioether (sulfide) groups is 1. The minimum Gasteiger partial charge on any atom is -0.409 e. The van der Waals surface area contributed by atoms with E-state index in [2.05, 4.69) is 5.16 Å². The molecule has 0 heterocycles. The molecule has 21 heavy (non-hydrogen) atoms. The van der Waals surface area contributed by atoms with Gasteiger partial charge in [0.05, 0.1) is 0 Å². The Bertz CT molecular complexity index is 662. The van der Waals surface area contributed by atoms with Crippen molar-refractivity contribution >= 4 is 29.4 Å². The molecule has 0 saturated heterocycles. The third kappa shape index (κ3) is 3.71. The summed E-state index contributed by atoms with van der Waals surface area (Å²) in [5.41, 5.74) is 6.44. The first-order valence-corrected chi connectivity index (χ1v) is 8.13. The Kier molecular flexibility index (Phi) is 5.52. The zero-order valence-electron chi connectivity index (χ0n) is 11.4. The van der Waals surface area contributed by atoms with Gasteiger partial charge in [0.25, 0.3) is 0 Å². The van der Waals surface area contributed by atoms with Crippen LogP contribution in [0.1, 0.15) is 12.5 Å². The monoisotopic (exact) mass is 322 g/mol. The molecule has 0 radical (unpaired) electrons. The van der Waals surface area contributed by atoms with Crippen LogP contribution in [0.15, 0.2) is 62.3 Å². The first kappa shape index (κ1) is 15.7. The van der Waals surface area contributed by atoms with Crippen molar-refractivity contribution in [1.82, 2.24) is 0 Å². The zero-order chi connectivity index (χ0) is 15.2. The smallest absolute Gasteiger partial charge is 0.172 e. The van der Waals surface area contributed by atoms with Crippen LogP contribution >= 0.6 is 23.5 Å². The summed E-state index contributed by atoms with van der Waals surface area (Å²) in [6.07, 6.45) is 0. The fourth-order valence-corrected chi connectivity index (χ4v) is 3.74. The Hall–Kier alpha value is -1.66. The van der Waals surface area contributed by atoms with Gasteiger partial charge in [-0.25, -0.2) is 4.39 Å². The number of oxime groups is 1. The van der Waals surface area contributed by atoms with Crippen molar-refractivity contribution in [2.24, 2.45) is 10.9 Å². The second-order valence-corrected chi connectivity index (χ2v) is 6.47. The molecule has 0 saturated carbocycles. The van der Waals surface area contributed by atoms with Crippen molar-refractivity contribution < 1.29 is 9.60 Å². The lowest BCUT2D eigenvalue weighted by Gasteiger charge is -2.13. The van der Waals surface area contributed by atoms with Gasteiger partial charge in [-0.2, -0.15) is 0 Å². The number of nitrogens with zero attached hydrogens (tertiary/aromatic N) is 1. The maximum atomic E-state index is 13.8. The lowest BCUT2D eigenvalue weighted by molar-refractivity contribution is 0.318. The van der Waals surface area contributed by atoms with Crippen LogP contribution in [0.2, 0.25) is 0 Å². The molecule has 2 aromatic carbocycles. The lowest BCUT2D eigenvalue weighted by atomic mass is 10.2. The van der Waals surface area contributed by atoms with Gasteiger partial charge in [-0.3, -0.25) is 0 Å². The molecular formula is C15H15FN2OS2. The Morgan fingerprint density at radius 2 is 1.81 bits per heavy atom. The first-order chi connectivity index (χ1) is 10.2. The van der Waals surface area contributed by atoms with E-state index < -0.39 is 0 Å². The third-order valence-corrected chi connectivity index (χ3v) is 4.76. The van der Waals surface area contributed by atoms with Gasteiger partial charge >= 0.3 is 0 Å². The average molecular weight is 322 g/mol. The Balaban J connectivity index is 2.48. The highest BCUT2D eigenvalue weighted by Crippen LogP contribution is 2.36.